The minimum Gasteiger partial charge on any atom is -0.496 e. The Labute approximate surface area is 152 Å². The van der Waals surface area contributed by atoms with Gasteiger partial charge in [0.2, 0.25) is 0 Å². The molecule has 132 valence electrons. The average molecular weight is 357 g/mol. The summed E-state index contributed by atoms with van der Waals surface area (Å²) in [7, 11) is 1.69. The molecule has 5 heteroatoms. The van der Waals surface area contributed by atoms with Crippen LogP contribution >= 0.6 is 11.3 Å². The molecular weight excluding hydrogens is 334 g/mol. The molecule has 0 amide bonds. The van der Waals surface area contributed by atoms with Crippen LogP contribution in [0.2, 0.25) is 0 Å². The number of morpholine rings is 1. The van der Waals surface area contributed by atoms with Crippen molar-refractivity contribution >= 4 is 23.2 Å². The Hall–Kier alpha value is -1.95. The molecule has 0 N–H and O–H groups in total. The van der Waals surface area contributed by atoms with Gasteiger partial charge in [-0.25, -0.2) is 0 Å². The van der Waals surface area contributed by atoms with Crippen molar-refractivity contribution in [1.29, 1.82) is 0 Å². The highest BCUT2D eigenvalue weighted by Crippen LogP contribution is 2.23. The normalized spacial score (nSPS) is 15.6. The van der Waals surface area contributed by atoms with Crippen LogP contribution in [0.1, 0.15) is 25.7 Å². The number of hydrogen-bond acceptors (Lipinski definition) is 5. The van der Waals surface area contributed by atoms with Crippen molar-refractivity contribution in [1.82, 2.24) is 4.90 Å². The molecule has 1 aliphatic rings. The number of rotatable bonds is 6. The van der Waals surface area contributed by atoms with Gasteiger partial charge in [-0.3, -0.25) is 9.69 Å². The first-order chi connectivity index (χ1) is 12.2. The molecule has 0 aliphatic carbocycles. The third kappa shape index (κ3) is 4.78. The molecule has 1 fully saturated rings. The first-order valence-electron chi connectivity index (χ1n) is 8.41. The molecule has 0 spiro atoms. The Morgan fingerprint density at radius 3 is 2.76 bits per heavy atom. The number of carbonyl (C=O) groups excluding carboxylic acids is 1. The van der Waals surface area contributed by atoms with Crippen LogP contribution in [-0.2, 0) is 11.3 Å². The standard InChI is InChI=1S/C20H23NO3S/c1-15-3-8-20(25-15)18(22)6-4-16-5-7-19(23-2)17(13-16)14-21-9-11-24-12-10-21/h3-8,13H,9-12,14H2,1-2H3/b6-4+. The molecule has 0 unspecified atom stereocenters. The lowest BCUT2D eigenvalue weighted by Gasteiger charge is -2.27. The van der Waals surface area contributed by atoms with Crippen LogP contribution < -0.4 is 4.74 Å². The largest absolute Gasteiger partial charge is 0.496 e. The molecule has 0 saturated carbocycles. The van der Waals surface area contributed by atoms with Gasteiger partial charge in [0.05, 0.1) is 25.2 Å². The fourth-order valence-corrected chi connectivity index (χ4v) is 3.63. The monoisotopic (exact) mass is 357 g/mol. The molecule has 25 heavy (non-hydrogen) atoms. The van der Waals surface area contributed by atoms with E-state index in [1.54, 1.807) is 13.2 Å². The SMILES string of the molecule is COc1ccc(/C=C/C(=O)c2ccc(C)s2)cc1CN1CCOCC1. The Morgan fingerprint density at radius 2 is 2.08 bits per heavy atom. The Bertz CT molecular complexity index is 760. The summed E-state index contributed by atoms with van der Waals surface area (Å²) in [5, 5.41) is 0. The maximum atomic E-state index is 12.2. The van der Waals surface area contributed by atoms with Crippen molar-refractivity contribution in [3.8, 4) is 5.75 Å². The van der Waals surface area contributed by atoms with Gasteiger partial charge in [0.15, 0.2) is 5.78 Å². The number of benzene rings is 1. The molecule has 1 saturated heterocycles. The van der Waals surface area contributed by atoms with E-state index in [-0.39, 0.29) is 5.78 Å². The van der Waals surface area contributed by atoms with Crippen LogP contribution in [0.5, 0.6) is 5.75 Å². The highest BCUT2D eigenvalue weighted by Gasteiger charge is 2.13. The summed E-state index contributed by atoms with van der Waals surface area (Å²) in [5.74, 6) is 0.924. The lowest BCUT2D eigenvalue weighted by atomic mass is 10.1. The second-order valence-electron chi connectivity index (χ2n) is 6.07. The third-order valence-corrected chi connectivity index (χ3v) is 5.23. The van der Waals surface area contributed by atoms with Crippen molar-refractivity contribution in [2.45, 2.75) is 13.5 Å². The van der Waals surface area contributed by atoms with E-state index in [2.05, 4.69) is 11.0 Å². The van der Waals surface area contributed by atoms with Crippen molar-refractivity contribution in [3.63, 3.8) is 0 Å². The van der Waals surface area contributed by atoms with Crippen molar-refractivity contribution in [2.24, 2.45) is 0 Å². The van der Waals surface area contributed by atoms with Crippen molar-refractivity contribution < 1.29 is 14.3 Å². The minimum atomic E-state index is 0.0450. The maximum Gasteiger partial charge on any atom is 0.195 e. The zero-order valence-corrected chi connectivity index (χ0v) is 15.5. The highest BCUT2D eigenvalue weighted by atomic mass is 32.1. The summed E-state index contributed by atoms with van der Waals surface area (Å²) < 4.78 is 10.9. The molecule has 1 aromatic heterocycles. The van der Waals surface area contributed by atoms with Gasteiger partial charge in [0.25, 0.3) is 0 Å². The fraction of sp³-hybridized carbons (Fsp3) is 0.350. The molecule has 2 heterocycles. The van der Waals surface area contributed by atoms with E-state index in [1.807, 2.05) is 37.3 Å². The van der Waals surface area contributed by atoms with Gasteiger partial charge in [-0.05, 0) is 42.8 Å². The number of nitrogens with zero attached hydrogens (tertiary/aromatic N) is 1. The number of ether oxygens (including phenoxy) is 2. The molecule has 1 aromatic carbocycles. The number of ketones is 1. The summed E-state index contributed by atoms with van der Waals surface area (Å²) >= 11 is 1.52. The molecule has 2 aromatic rings. The van der Waals surface area contributed by atoms with Gasteiger partial charge < -0.3 is 9.47 Å². The number of methoxy groups -OCH3 is 1. The van der Waals surface area contributed by atoms with Gasteiger partial charge in [0.1, 0.15) is 5.75 Å². The smallest absolute Gasteiger partial charge is 0.195 e. The molecule has 0 radical (unpaired) electrons. The number of hydrogen-bond donors (Lipinski definition) is 0. The third-order valence-electron chi connectivity index (χ3n) is 4.21. The van der Waals surface area contributed by atoms with Crippen LogP contribution in [0.15, 0.2) is 36.4 Å². The van der Waals surface area contributed by atoms with Gasteiger partial charge in [-0.2, -0.15) is 0 Å². The topological polar surface area (TPSA) is 38.8 Å². The Morgan fingerprint density at radius 1 is 1.28 bits per heavy atom. The van der Waals surface area contributed by atoms with Crippen molar-refractivity contribution in [3.05, 3.63) is 57.3 Å². The Balaban J connectivity index is 1.74. The summed E-state index contributed by atoms with van der Waals surface area (Å²) in [6.07, 6.45) is 3.52. The van der Waals surface area contributed by atoms with Gasteiger partial charge >= 0.3 is 0 Å². The van der Waals surface area contributed by atoms with E-state index < -0.39 is 0 Å². The van der Waals surface area contributed by atoms with E-state index in [0.717, 1.165) is 59.5 Å². The van der Waals surface area contributed by atoms with E-state index >= 15 is 0 Å². The lowest BCUT2D eigenvalue weighted by molar-refractivity contribution is 0.0339. The van der Waals surface area contributed by atoms with Gasteiger partial charge in [-0.1, -0.05) is 12.1 Å². The van der Waals surface area contributed by atoms with E-state index in [0.29, 0.717) is 0 Å². The maximum absolute atomic E-state index is 12.2. The lowest BCUT2D eigenvalue weighted by Crippen LogP contribution is -2.35. The number of aryl methyl sites for hydroxylation is 1. The number of allylic oxidation sites excluding steroid dienone is 1. The summed E-state index contributed by atoms with van der Waals surface area (Å²) in [6.45, 7) is 6.24. The second-order valence-corrected chi connectivity index (χ2v) is 7.36. The van der Waals surface area contributed by atoms with Crippen LogP contribution in [0.3, 0.4) is 0 Å². The number of thiophene rings is 1. The second kappa shape index (κ2) is 8.43. The zero-order valence-electron chi connectivity index (χ0n) is 14.7. The van der Waals surface area contributed by atoms with E-state index in [9.17, 15) is 4.79 Å². The Kier molecular flexibility index (Phi) is 6.02. The predicted molar refractivity (Wildman–Crippen MR) is 102 cm³/mol. The van der Waals surface area contributed by atoms with E-state index in [4.69, 9.17) is 9.47 Å². The minimum absolute atomic E-state index is 0.0450. The van der Waals surface area contributed by atoms with Crippen LogP contribution in [0.25, 0.3) is 6.08 Å². The highest BCUT2D eigenvalue weighted by molar-refractivity contribution is 7.14. The number of carbonyl (C=O) groups is 1. The molecule has 0 atom stereocenters. The van der Waals surface area contributed by atoms with Crippen LogP contribution in [-0.4, -0.2) is 44.1 Å². The quantitative estimate of drug-likeness (QED) is 0.582. The molecule has 0 bridgehead atoms. The molecular formula is C20H23NO3S. The van der Waals surface area contributed by atoms with Crippen LogP contribution in [0, 0.1) is 6.92 Å². The predicted octanol–water partition coefficient (Wildman–Crippen LogP) is 3.79. The van der Waals surface area contributed by atoms with E-state index in [1.165, 1.54) is 11.3 Å². The van der Waals surface area contributed by atoms with Gasteiger partial charge in [0, 0.05) is 30.1 Å². The average Bonchev–Trinajstić information content (AvgIpc) is 3.07. The first kappa shape index (κ1) is 17.9. The summed E-state index contributed by atoms with van der Waals surface area (Å²) in [5.41, 5.74) is 2.14. The van der Waals surface area contributed by atoms with Crippen LogP contribution in [0.4, 0.5) is 0 Å². The zero-order chi connectivity index (χ0) is 17.6. The van der Waals surface area contributed by atoms with Gasteiger partial charge in [-0.15, -0.1) is 11.3 Å². The summed E-state index contributed by atoms with van der Waals surface area (Å²) in [6, 6.07) is 9.89. The summed E-state index contributed by atoms with van der Waals surface area (Å²) in [4.78, 5) is 16.5. The molecule has 1 aliphatic heterocycles. The molecule has 3 rings (SSSR count). The van der Waals surface area contributed by atoms with Crippen molar-refractivity contribution in [2.75, 3.05) is 33.4 Å². The molecule has 4 nitrogen and oxygen atoms in total. The first-order valence-corrected chi connectivity index (χ1v) is 9.23. The fourth-order valence-electron chi connectivity index (χ4n) is 2.85.